The second-order valence-corrected chi connectivity index (χ2v) is 8.67. The first-order chi connectivity index (χ1) is 14.2. The van der Waals surface area contributed by atoms with Crippen LogP contribution in [0.3, 0.4) is 0 Å². The maximum atomic E-state index is 12.2. The Morgan fingerprint density at radius 3 is 2.30 bits per heavy atom. The maximum absolute atomic E-state index is 12.2. The average molecular weight is 451 g/mol. The standard InChI is InChI=1S/C16H13N5O7S2/c22-15(19-16-18-13-6-3-11(21(25)26)9-14(13)29-16)7-8-17-30(27,28)12-4-1-10(2-5-12)20(23)24/h1-6,9,17H,7-8H2,(H,18,19,22). The van der Waals surface area contributed by atoms with Crippen LogP contribution in [0, 0.1) is 20.2 Å². The topological polar surface area (TPSA) is 174 Å². The highest BCUT2D eigenvalue weighted by Gasteiger charge is 2.17. The van der Waals surface area contributed by atoms with Gasteiger partial charge in [0.25, 0.3) is 11.4 Å². The molecule has 0 saturated heterocycles. The summed E-state index contributed by atoms with van der Waals surface area (Å²) in [5.74, 6) is -0.505. The van der Waals surface area contributed by atoms with Gasteiger partial charge in [-0.25, -0.2) is 18.1 Å². The molecule has 1 amide bonds. The summed E-state index contributed by atoms with van der Waals surface area (Å²) >= 11 is 1.06. The Morgan fingerprint density at radius 1 is 1.03 bits per heavy atom. The van der Waals surface area contributed by atoms with Gasteiger partial charge >= 0.3 is 0 Å². The van der Waals surface area contributed by atoms with Gasteiger partial charge in [-0.05, 0) is 18.2 Å². The van der Waals surface area contributed by atoms with Crippen LogP contribution in [0.5, 0.6) is 0 Å². The predicted octanol–water partition coefficient (Wildman–Crippen LogP) is 2.42. The minimum atomic E-state index is -3.93. The number of anilines is 1. The lowest BCUT2D eigenvalue weighted by atomic mass is 10.3. The molecule has 2 N–H and O–H groups in total. The molecule has 156 valence electrons. The number of thiazole rings is 1. The molecule has 0 aliphatic rings. The van der Waals surface area contributed by atoms with Crippen molar-refractivity contribution in [1.29, 1.82) is 0 Å². The first-order valence-electron chi connectivity index (χ1n) is 8.25. The number of sulfonamides is 1. The van der Waals surface area contributed by atoms with Crippen LogP contribution < -0.4 is 10.0 Å². The maximum Gasteiger partial charge on any atom is 0.270 e. The number of nitro benzene ring substituents is 2. The summed E-state index contributed by atoms with van der Waals surface area (Å²) in [4.78, 5) is 36.3. The van der Waals surface area contributed by atoms with Crippen LogP contribution in [0.15, 0.2) is 47.4 Å². The highest BCUT2D eigenvalue weighted by atomic mass is 32.2. The van der Waals surface area contributed by atoms with Crippen LogP contribution in [-0.2, 0) is 14.8 Å². The third kappa shape index (κ3) is 4.91. The molecule has 30 heavy (non-hydrogen) atoms. The van der Waals surface area contributed by atoms with Gasteiger partial charge in [-0.1, -0.05) is 11.3 Å². The summed E-state index contributed by atoms with van der Waals surface area (Å²) in [6.45, 7) is -0.207. The lowest BCUT2D eigenvalue weighted by molar-refractivity contribution is -0.385. The largest absolute Gasteiger partial charge is 0.302 e. The summed E-state index contributed by atoms with van der Waals surface area (Å²) in [6, 6.07) is 8.46. The first-order valence-corrected chi connectivity index (χ1v) is 10.5. The number of non-ortho nitro benzene ring substituents is 2. The fourth-order valence-corrected chi connectivity index (χ4v) is 4.34. The number of benzene rings is 2. The molecule has 0 unspecified atom stereocenters. The molecule has 0 aliphatic heterocycles. The molecule has 0 spiro atoms. The molecule has 1 heterocycles. The van der Waals surface area contributed by atoms with E-state index in [1.54, 1.807) is 0 Å². The van der Waals surface area contributed by atoms with Crippen LogP contribution >= 0.6 is 11.3 Å². The number of aromatic nitrogens is 1. The molecule has 3 rings (SSSR count). The number of nitrogens with zero attached hydrogens (tertiary/aromatic N) is 3. The molecule has 0 aliphatic carbocycles. The Balaban J connectivity index is 1.57. The van der Waals surface area contributed by atoms with E-state index in [1.807, 2.05) is 0 Å². The fraction of sp³-hybridized carbons (Fsp3) is 0.125. The zero-order chi connectivity index (χ0) is 21.9. The number of nitro groups is 2. The van der Waals surface area contributed by atoms with Crippen LogP contribution in [0.1, 0.15) is 6.42 Å². The SMILES string of the molecule is O=C(CCNS(=O)(=O)c1ccc([N+](=O)[O-])cc1)Nc1nc2ccc([N+](=O)[O-])cc2s1. The molecule has 2 aromatic carbocycles. The highest BCUT2D eigenvalue weighted by Crippen LogP contribution is 2.29. The van der Waals surface area contributed by atoms with Gasteiger partial charge in [0.05, 0.1) is 25.0 Å². The normalized spacial score (nSPS) is 11.3. The van der Waals surface area contributed by atoms with Gasteiger partial charge in [0.1, 0.15) is 0 Å². The van der Waals surface area contributed by atoms with Crippen LogP contribution in [-0.4, -0.2) is 35.7 Å². The summed E-state index contributed by atoms with van der Waals surface area (Å²) < 4.78 is 27.1. The quantitative estimate of drug-likeness (QED) is 0.388. The highest BCUT2D eigenvalue weighted by molar-refractivity contribution is 7.89. The van der Waals surface area contributed by atoms with Crippen molar-refractivity contribution in [2.75, 3.05) is 11.9 Å². The summed E-state index contributed by atoms with van der Waals surface area (Å²) in [5, 5.41) is 24.2. The number of nitrogens with one attached hydrogen (secondary N) is 2. The van der Waals surface area contributed by atoms with E-state index in [2.05, 4.69) is 15.0 Å². The van der Waals surface area contributed by atoms with Crippen molar-refractivity contribution < 1.29 is 23.1 Å². The van der Waals surface area contributed by atoms with E-state index in [9.17, 15) is 33.4 Å². The van der Waals surface area contributed by atoms with E-state index in [1.165, 1.54) is 18.2 Å². The van der Waals surface area contributed by atoms with E-state index >= 15 is 0 Å². The van der Waals surface area contributed by atoms with Crippen LogP contribution in [0.4, 0.5) is 16.5 Å². The van der Waals surface area contributed by atoms with Crippen molar-refractivity contribution >= 4 is 54.0 Å². The molecule has 14 heteroatoms. The van der Waals surface area contributed by atoms with Crippen molar-refractivity contribution in [3.63, 3.8) is 0 Å². The zero-order valence-corrected chi connectivity index (χ0v) is 16.6. The lowest BCUT2D eigenvalue weighted by Crippen LogP contribution is -2.27. The van der Waals surface area contributed by atoms with E-state index in [0.29, 0.717) is 10.2 Å². The molecule has 0 fully saturated rings. The Hall–Kier alpha value is -3.49. The van der Waals surface area contributed by atoms with Crippen molar-refractivity contribution in [1.82, 2.24) is 9.71 Å². The van der Waals surface area contributed by atoms with E-state index in [0.717, 1.165) is 35.6 Å². The number of rotatable bonds is 8. The minimum Gasteiger partial charge on any atom is -0.302 e. The number of hydrogen-bond donors (Lipinski definition) is 2. The zero-order valence-electron chi connectivity index (χ0n) is 15.0. The second kappa shape index (κ2) is 8.48. The van der Waals surface area contributed by atoms with Crippen molar-refractivity contribution in [2.45, 2.75) is 11.3 Å². The predicted molar refractivity (Wildman–Crippen MR) is 108 cm³/mol. The molecule has 0 radical (unpaired) electrons. The summed E-state index contributed by atoms with van der Waals surface area (Å²) in [6.07, 6.45) is -0.192. The first kappa shape index (κ1) is 21.2. The number of amides is 1. The van der Waals surface area contributed by atoms with Crippen molar-refractivity contribution in [2.24, 2.45) is 0 Å². The van der Waals surface area contributed by atoms with E-state index < -0.39 is 25.8 Å². The molecule has 1 aromatic heterocycles. The van der Waals surface area contributed by atoms with E-state index in [4.69, 9.17) is 0 Å². The van der Waals surface area contributed by atoms with Gasteiger partial charge in [-0.2, -0.15) is 0 Å². The van der Waals surface area contributed by atoms with Gasteiger partial charge in [0, 0.05) is 37.2 Å². The molecule has 0 atom stereocenters. The Morgan fingerprint density at radius 2 is 1.67 bits per heavy atom. The number of carbonyl (C=O) groups is 1. The Bertz CT molecular complexity index is 1240. The van der Waals surface area contributed by atoms with Crippen molar-refractivity contribution in [3.05, 3.63) is 62.7 Å². The molecule has 12 nitrogen and oxygen atoms in total. The van der Waals surface area contributed by atoms with Gasteiger partial charge in [-0.15, -0.1) is 0 Å². The van der Waals surface area contributed by atoms with Gasteiger partial charge in [0.15, 0.2) is 5.13 Å². The fourth-order valence-electron chi connectivity index (χ4n) is 2.39. The Labute approximate surface area is 172 Å². The number of fused-ring (bicyclic) bond motifs is 1. The minimum absolute atomic E-state index is 0.0929. The monoisotopic (exact) mass is 451 g/mol. The van der Waals surface area contributed by atoms with E-state index in [-0.39, 0.29) is 34.4 Å². The average Bonchev–Trinajstić information content (AvgIpc) is 3.09. The molecule has 0 saturated carbocycles. The third-order valence-corrected chi connectivity index (χ3v) is 6.24. The number of carbonyl (C=O) groups excluding carboxylic acids is 1. The van der Waals surface area contributed by atoms with Gasteiger partial charge < -0.3 is 5.32 Å². The van der Waals surface area contributed by atoms with Crippen molar-refractivity contribution in [3.8, 4) is 0 Å². The Kier molecular flexibility index (Phi) is 6.00. The lowest BCUT2D eigenvalue weighted by Gasteiger charge is -2.06. The molecule has 3 aromatic rings. The van der Waals surface area contributed by atoms with Crippen LogP contribution in [0.25, 0.3) is 10.2 Å². The summed E-state index contributed by atoms with van der Waals surface area (Å²) in [5.41, 5.74) is 0.152. The smallest absolute Gasteiger partial charge is 0.270 e. The second-order valence-electron chi connectivity index (χ2n) is 5.88. The molecular formula is C16H13N5O7S2. The molecular weight excluding hydrogens is 438 g/mol. The molecule has 0 bridgehead atoms. The summed E-state index contributed by atoms with van der Waals surface area (Å²) in [7, 11) is -3.93. The third-order valence-electron chi connectivity index (χ3n) is 3.83. The number of hydrogen-bond acceptors (Lipinski definition) is 9. The van der Waals surface area contributed by atoms with Gasteiger partial charge in [0.2, 0.25) is 15.9 Å². The van der Waals surface area contributed by atoms with Gasteiger partial charge in [-0.3, -0.25) is 25.0 Å². The van der Waals surface area contributed by atoms with Crippen LogP contribution in [0.2, 0.25) is 0 Å².